The number of hydrogen-bond donors (Lipinski definition) is 1. The molecular weight excluding hydrogens is 284 g/mol. The summed E-state index contributed by atoms with van der Waals surface area (Å²) in [5.74, 6) is 0. The van der Waals surface area contributed by atoms with Gasteiger partial charge in [-0.15, -0.1) is 0 Å². The normalized spacial score (nSPS) is 17.0. The van der Waals surface area contributed by atoms with Crippen molar-refractivity contribution < 1.29 is 0 Å². The average Bonchev–Trinajstić information content (AvgIpc) is 3.14. The van der Waals surface area contributed by atoms with E-state index in [4.69, 9.17) is 0 Å². The predicted molar refractivity (Wildman–Crippen MR) is 90.5 cm³/mol. The third kappa shape index (κ3) is 3.03. The van der Waals surface area contributed by atoms with Crippen LogP contribution in [0.2, 0.25) is 0 Å². The lowest BCUT2D eigenvalue weighted by Crippen LogP contribution is -2.34. The van der Waals surface area contributed by atoms with E-state index in [2.05, 4.69) is 57.9 Å². The molecule has 1 heterocycles. The van der Waals surface area contributed by atoms with E-state index in [1.165, 1.54) is 29.5 Å². The summed E-state index contributed by atoms with van der Waals surface area (Å²) in [6.45, 7) is 0.850. The van der Waals surface area contributed by atoms with Crippen molar-refractivity contribution in [2.24, 2.45) is 0 Å². The van der Waals surface area contributed by atoms with E-state index in [-0.39, 0.29) is 0 Å². The Bertz CT molecular complexity index is 780. The fourth-order valence-electron chi connectivity index (χ4n) is 3.34. The van der Waals surface area contributed by atoms with E-state index in [0.29, 0.717) is 6.04 Å². The molecule has 0 spiro atoms. The molecule has 116 valence electrons. The molecule has 4 heteroatoms. The second-order valence-corrected chi connectivity index (χ2v) is 6.06. The Labute approximate surface area is 136 Å². The van der Waals surface area contributed by atoms with E-state index in [0.717, 1.165) is 18.7 Å². The highest BCUT2D eigenvalue weighted by Crippen LogP contribution is 2.22. The molecule has 0 aliphatic heterocycles. The second kappa shape index (κ2) is 6.34. The standard InChI is InChI=1S/C19H20N4/c1-2-6-16-11-18(10-9-15(16)5-1)21-12-17-7-3-4-8-19(17)23-14-20-13-22-23/h1-8,13-14,18,21H,9-12H2/t18-/m0/s1. The Balaban J connectivity index is 1.47. The fourth-order valence-corrected chi connectivity index (χ4v) is 3.34. The molecule has 1 N–H and O–H groups in total. The molecule has 0 amide bonds. The zero-order valence-corrected chi connectivity index (χ0v) is 13.0. The topological polar surface area (TPSA) is 42.7 Å². The Morgan fingerprint density at radius 1 is 1.04 bits per heavy atom. The van der Waals surface area contributed by atoms with Gasteiger partial charge in [-0.1, -0.05) is 42.5 Å². The minimum atomic E-state index is 0.536. The monoisotopic (exact) mass is 304 g/mol. The van der Waals surface area contributed by atoms with Gasteiger partial charge in [0.05, 0.1) is 5.69 Å². The van der Waals surface area contributed by atoms with Gasteiger partial charge in [0.15, 0.2) is 0 Å². The highest BCUT2D eigenvalue weighted by Gasteiger charge is 2.18. The van der Waals surface area contributed by atoms with Gasteiger partial charge in [-0.05, 0) is 42.0 Å². The summed E-state index contributed by atoms with van der Waals surface area (Å²) in [4.78, 5) is 4.05. The van der Waals surface area contributed by atoms with Gasteiger partial charge in [0.25, 0.3) is 0 Å². The van der Waals surface area contributed by atoms with Crippen LogP contribution in [0.4, 0.5) is 0 Å². The van der Waals surface area contributed by atoms with Crippen molar-refractivity contribution in [3.8, 4) is 5.69 Å². The van der Waals surface area contributed by atoms with Gasteiger partial charge < -0.3 is 5.32 Å². The Kier molecular flexibility index (Phi) is 3.90. The lowest BCUT2D eigenvalue weighted by Gasteiger charge is -2.26. The van der Waals surface area contributed by atoms with Crippen LogP contribution in [0.25, 0.3) is 5.69 Å². The first-order chi connectivity index (χ1) is 11.4. The summed E-state index contributed by atoms with van der Waals surface area (Å²) in [5, 5.41) is 7.97. The third-order valence-electron chi connectivity index (χ3n) is 4.59. The van der Waals surface area contributed by atoms with Crippen LogP contribution in [0.1, 0.15) is 23.1 Å². The summed E-state index contributed by atoms with van der Waals surface area (Å²) < 4.78 is 1.83. The Hall–Kier alpha value is -2.46. The van der Waals surface area contributed by atoms with Crippen molar-refractivity contribution in [2.75, 3.05) is 0 Å². The van der Waals surface area contributed by atoms with Gasteiger partial charge in [0, 0.05) is 12.6 Å². The van der Waals surface area contributed by atoms with E-state index >= 15 is 0 Å². The Morgan fingerprint density at radius 2 is 1.87 bits per heavy atom. The minimum absolute atomic E-state index is 0.536. The van der Waals surface area contributed by atoms with E-state index < -0.39 is 0 Å². The van der Waals surface area contributed by atoms with Gasteiger partial charge >= 0.3 is 0 Å². The molecule has 0 fully saturated rings. The van der Waals surface area contributed by atoms with Gasteiger partial charge in [-0.3, -0.25) is 0 Å². The maximum atomic E-state index is 4.25. The molecule has 1 aromatic heterocycles. The summed E-state index contributed by atoms with van der Waals surface area (Å²) in [6, 6.07) is 17.7. The lowest BCUT2D eigenvalue weighted by atomic mass is 9.88. The second-order valence-electron chi connectivity index (χ2n) is 6.06. The van der Waals surface area contributed by atoms with Crippen molar-refractivity contribution in [1.29, 1.82) is 0 Å². The first kappa shape index (κ1) is 14.2. The first-order valence-electron chi connectivity index (χ1n) is 8.13. The van der Waals surface area contributed by atoms with Crippen molar-refractivity contribution in [3.05, 3.63) is 77.9 Å². The van der Waals surface area contributed by atoms with Crippen LogP contribution >= 0.6 is 0 Å². The molecule has 1 aliphatic carbocycles. The van der Waals surface area contributed by atoms with Gasteiger partial charge in [0.1, 0.15) is 12.7 Å². The van der Waals surface area contributed by atoms with Crippen LogP contribution < -0.4 is 5.32 Å². The van der Waals surface area contributed by atoms with Gasteiger partial charge in [-0.25, -0.2) is 9.67 Å². The van der Waals surface area contributed by atoms with Crippen molar-refractivity contribution in [3.63, 3.8) is 0 Å². The van der Waals surface area contributed by atoms with Crippen LogP contribution in [-0.2, 0) is 19.4 Å². The molecule has 0 radical (unpaired) electrons. The number of nitrogens with zero attached hydrogens (tertiary/aromatic N) is 3. The number of para-hydroxylation sites is 1. The van der Waals surface area contributed by atoms with Crippen LogP contribution in [-0.4, -0.2) is 20.8 Å². The molecule has 4 nitrogen and oxygen atoms in total. The van der Waals surface area contributed by atoms with Gasteiger partial charge in [0.2, 0.25) is 0 Å². The van der Waals surface area contributed by atoms with Crippen LogP contribution in [0, 0.1) is 0 Å². The largest absolute Gasteiger partial charge is 0.310 e. The molecule has 1 atom stereocenters. The van der Waals surface area contributed by atoms with E-state index in [1.807, 2.05) is 10.7 Å². The zero-order chi connectivity index (χ0) is 15.5. The Morgan fingerprint density at radius 3 is 2.74 bits per heavy atom. The molecule has 23 heavy (non-hydrogen) atoms. The smallest absolute Gasteiger partial charge is 0.138 e. The van der Waals surface area contributed by atoms with Crippen molar-refractivity contribution in [2.45, 2.75) is 31.8 Å². The maximum absolute atomic E-state index is 4.25. The number of aryl methyl sites for hydroxylation is 1. The molecule has 0 bridgehead atoms. The summed E-state index contributed by atoms with van der Waals surface area (Å²) in [7, 11) is 0. The molecule has 1 aliphatic rings. The molecule has 0 saturated carbocycles. The SMILES string of the molecule is c1ccc2c(c1)CC[C@H](NCc1ccccc1-n1cncn1)C2. The van der Waals surface area contributed by atoms with E-state index in [1.54, 1.807) is 12.7 Å². The number of fused-ring (bicyclic) bond motifs is 1. The number of benzene rings is 2. The summed E-state index contributed by atoms with van der Waals surface area (Å²) in [6.07, 6.45) is 6.79. The molecule has 0 saturated heterocycles. The average molecular weight is 304 g/mol. The van der Waals surface area contributed by atoms with Crippen molar-refractivity contribution >= 4 is 0 Å². The molecular formula is C19H20N4. The quantitative estimate of drug-likeness (QED) is 0.806. The molecule has 0 unspecified atom stereocenters. The van der Waals surface area contributed by atoms with Gasteiger partial charge in [-0.2, -0.15) is 5.10 Å². The fraction of sp³-hybridized carbons (Fsp3) is 0.263. The zero-order valence-electron chi connectivity index (χ0n) is 13.0. The first-order valence-corrected chi connectivity index (χ1v) is 8.13. The predicted octanol–water partition coefficient (Wildman–Crippen LogP) is 2.91. The lowest BCUT2D eigenvalue weighted by molar-refractivity contribution is 0.457. The minimum Gasteiger partial charge on any atom is -0.310 e. The van der Waals surface area contributed by atoms with Crippen LogP contribution in [0.15, 0.2) is 61.2 Å². The number of rotatable bonds is 4. The molecule has 4 rings (SSSR count). The number of nitrogens with one attached hydrogen (secondary N) is 1. The maximum Gasteiger partial charge on any atom is 0.138 e. The summed E-state index contributed by atoms with van der Waals surface area (Å²) in [5.41, 5.74) is 5.33. The number of aromatic nitrogens is 3. The van der Waals surface area contributed by atoms with Crippen molar-refractivity contribution in [1.82, 2.24) is 20.1 Å². The number of hydrogen-bond acceptors (Lipinski definition) is 3. The van der Waals surface area contributed by atoms with Crippen LogP contribution in [0.5, 0.6) is 0 Å². The summed E-state index contributed by atoms with van der Waals surface area (Å²) >= 11 is 0. The highest BCUT2D eigenvalue weighted by molar-refractivity contribution is 5.40. The third-order valence-corrected chi connectivity index (χ3v) is 4.59. The highest BCUT2D eigenvalue weighted by atomic mass is 15.3. The van der Waals surface area contributed by atoms with E-state index in [9.17, 15) is 0 Å². The molecule has 2 aromatic carbocycles. The molecule has 3 aromatic rings. The van der Waals surface area contributed by atoms with Crippen LogP contribution in [0.3, 0.4) is 0 Å².